The number of aliphatic hydroxyl groups excluding tert-OH is 1. The Kier molecular flexibility index (Phi) is 4.64. The number of methoxy groups -OCH3 is 1. The Morgan fingerprint density at radius 3 is 2.45 bits per heavy atom. The third kappa shape index (κ3) is 2.53. The molecular formula is C26H42O3. The van der Waals surface area contributed by atoms with Crippen LogP contribution < -0.4 is 0 Å². The quantitative estimate of drug-likeness (QED) is 0.613. The highest BCUT2D eigenvalue weighted by Crippen LogP contribution is 2.73. The summed E-state index contributed by atoms with van der Waals surface area (Å²) in [6, 6.07) is 0. The molecule has 1 saturated heterocycles. The van der Waals surface area contributed by atoms with E-state index >= 15 is 0 Å². The summed E-state index contributed by atoms with van der Waals surface area (Å²) in [4.78, 5) is 0. The van der Waals surface area contributed by atoms with Gasteiger partial charge in [-0.25, -0.2) is 0 Å². The third-order valence-corrected chi connectivity index (χ3v) is 11.1. The van der Waals surface area contributed by atoms with E-state index in [0.717, 1.165) is 6.61 Å². The second kappa shape index (κ2) is 6.56. The Morgan fingerprint density at radius 2 is 1.72 bits per heavy atom. The van der Waals surface area contributed by atoms with Crippen LogP contribution in [-0.4, -0.2) is 31.7 Å². The number of rotatable bonds is 2. The van der Waals surface area contributed by atoms with E-state index in [9.17, 15) is 5.11 Å². The number of hydrogen-bond donors (Lipinski definition) is 1. The molecule has 0 aromatic heterocycles. The van der Waals surface area contributed by atoms with Crippen molar-refractivity contribution in [3.8, 4) is 0 Å². The topological polar surface area (TPSA) is 38.7 Å². The first-order chi connectivity index (χ1) is 13.7. The molecule has 4 aliphatic carbocycles. The van der Waals surface area contributed by atoms with Gasteiger partial charge in [0.25, 0.3) is 0 Å². The predicted molar refractivity (Wildman–Crippen MR) is 115 cm³/mol. The lowest BCUT2D eigenvalue weighted by atomic mass is 9.35. The lowest BCUT2D eigenvalue weighted by molar-refractivity contribution is -0.230. The first-order valence-electron chi connectivity index (χ1n) is 12.2. The van der Waals surface area contributed by atoms with Crippen LogP contribution in [0, 0.1) is 45.3 Å². The average molecular weight is 403 g/mol. The molecule has 1 heterocycles. The van der Waals surface area contributed by atoms with Crippen molar-refractivity contribution in [2.24, 2.45) is 45.3 Å². The molecule has 0 amide bonds. The number of allylic oxidation sites excluding steroid dienone is 1. The van der Waals surface area contributed by atoms with Crippen LogP contribution in [0.4, 0.5) is 0 Å². The second-order valence-corrected chi connectivity index (χ2v) is 12.4. The zero-order chi connectivity index (χ0) is 20.7. The fourth-order valence-electron chi connectivity index (χ4n) is 9.94. The van der Waals surface area contributed by atoms with Crippen LogP contribution in [0.1, 0.15) is 79.1 Å². The minimum Gasteiger partial charge on any atom is -0.396 e. The van der Waals surface area contributed by atoms with E-state index in [4.69, 9.17) is 9.47 Å². The molecule has 29 heavy (non-hydrogen) atoms. The minimum absolute atomic E-state index is 0.0778. The first kappa shape index (κ1) is 20.5. The molecule has 164 valence electrons. The van der Waals surface area contributed by atoms with Crippen molar-refractivity contribution in [2.75, 3.05) is 20.3 Å². The molecule has 0 aromatic rings. The zero-order valence-electron chi connectivity index (χ0n) is 19.3. The summed E-state index contributed by atoms with van der Waals surface area (Å²) in [5.41, 5.74) is 2.54. The van der Waals surface area contributed by atoms with Gasteiger partial charge in [-0.3, -0.25) is 0 Å². The Labute approximate surface area is 177 Å². The molecule has 4 fully saturated rings. The molecule has 3 nitrogen and oxygen atoms in total. The third-order valence-electron chi connectivity index (χ3n) is 11.1. The van der Waals surface area contributed by atoms with Crippen LogP contribution in [0.2, 0.25) is 0 Å². The molecule has 8 atom stereocenters. The van der Waals surface area contributed by atoms with Gasteiger partial charge in [0, 0.05) is 25.0 Å². The van der Waals surface area contributed by atoms with Crippen LogP contribution in [0.5, 0.6) is 0 Å². The predicted octanol–water partition coefficient (Wildman–Crippen LogP) is 5.57. The normalized spacial score (nSPS) is 53.3. The molecule has 0 radical (unpaired) electrons. The van der Waals surface area contributed by atoms with Gasteiger partial charge in [-0.05, 0) is 84.5 Å². The Bertz CT molecular complexity index is 698. The van der Waals surface area contributed by atoms with Gasteiger partial charge >= 0.3 is 0 Å². The van der Waals surface area contributed by atoms with Crippen LogP contribution in [0.3, 0.4) is 0 Å². The van der Waals surface area contributed by atoms with Gasteiger partial charge < -0.3 is 14.6 Å². The molecule has 1 aliphatic heterocycles. The van der Waals surface area contributed by atoms with E-state index in [2.05, 4.69) is 33.8 Å². The van der Waals surface area contributed by atoms with Gasteiger partial charge in [-0.2, -0.15) is 0 Å². The van der Waals surface area contributed by atoms with Gasteiger partial charge in [0.1, 0.15) is 0 Å². The SMILES string of the molecule is COC1OCC2=CCC3C(C)(CCC4C3(C)CCC3C(C)(C)CCCC34CO)C21. The lowest BCUT2D eigenvalue weighted by Gasteiger charge is -2.70. The maximum Gasteiger partial charge on any atom is 0.164 e. The zero-order valence-corrected chi connectivity index (χ0v) is 19.3. The van der Waals surface area contributed by atoms with Gasteiger partial charge in [0.05, 0.1) is 6.61 Å². The summed E-state index contributed by atoms with van der Waals surface area (Å²) < 4.78 is 11.9. The lowest BCUT2D eigenvalue weighted by Crippen LogP contribution is -2.64. The van der Waals surface area contributed by atoms with E-state index in [0.29, 0.717) is 41.1 Å². The fraction of sp³-hybridized carbons (Fsp3) is 0.923. The average Bonchev–Trinajstić information content (AvgIpc) is 3.11. The van der Waals surface area contributed by atoms with Crippen molar-refractivity contribution in [3.63, 3.8) is 0 Å². The van der Waals surface area contributed by atoms with Crippen molar-refractivity contribution in [1.29, 1.82) is 0 Å². The minimum atomic E-state index is -0.0778. The van der Waals surface area contributed by atoms with Crippen molar-refractivity contribution in [1.82, 2.24) is 0 Å². The van der Waals surface area contributed by atoms with Gasteiger partial charge in [-0.15, -0.1) is 0 Å². The molecule has 0 aromatic carbocycles. The number of hydrogen-bond acceptors (Lipinski definition) is 3. The highest BCUT2D eigenvalue weighted by Gasteiger charge is 2.67. The van der Waals surface area contributed by atoms with Gasteiger partial charge in [-0.1, -0.05) is 40.2 Å². The van der Waals surface area contributed by atoms with Gasteiger partial charge in [0.15, 0.2) is 6.29 Å². The number of ether oxygens (including phenoxy) is 2. The highest BCUT2D eigenvalue weighted by atomic mass is 16.7. The molecular weight excluding hydrogens is 360 g/mol. The molecule has 5 rings (SSSR count). The van der Waals surface area contributed by atoms with E-state index in [1.807, 2.05) is 7.11 Å². The second-order valence-electron chi connectivity index (χ2n) is 12.4. The highest BCUT2D eigenvalue weighted by molar-refractivity contribution is 5.26. The van der Waals surface area contributed by atoms with Gasteiger partial charge in [0.2, 0.25) is 0 Å². The Hall–Kier alpha value is -0.380. The summed E-state index contributed by atoms with van der Waals surface area (Å²) in [5.74, 6) is 2.40. The summed E-state index contributed by atoms with van der Waals surface area (Å²) in [6.45, 7) is 11.2. The summed E-state index contributed by atoms with van der Waals surface area (Å²) >= 11 is 0. The van der Waals surface area contributed by atoms with Crippen molar-refractivity contribution in [2.45, 2.75) is 85.4 Å². The molecule has 3 saturated carbocycles. The van der Waals surface area contributed by atoms with Crippen LogP contribution in [0.15, 0.2) is 11.6 Å². The van der Waals surface area contributed by atoms with E-state index in [-0.39, 0.29) is 17.1 Å². The van der Waals surface area contributed by atoms with Crippen molar-refractivity contribution in [3.05, 3.63) is 11.6 Å². The maximum atomic E-state index is 10.9. The van der Waals surface area contributed by atoms with Crippen molar-refractivity contribution >= 4 is 0 Å². The van der Waals surface area contributed by atoms with Crippen LogP contribution in [-0.2, 0) is 9.47 Å². The molecule has 5 aliphatic rings. The summed E-state index contributed by atoms with van der Waals surface area (Å²) in [6.07, 6.45) is 12.6. The summed E-state index contributed by atoms with van der Waals surface area (Å²) in [7, 11) is 1.81. The fourth-order valence-corrected chi connectivity index (χ4v) is 9.94. The standard InChI is InChI=1S/C26H42O3/c1-23(2)11-6-12-26(16-27)18(23)9-13-24(3)19-8-7-17-15-29-22(28-5)21(17)25(19,4)14-10-20(24)26/h7,18-22,27H,6,8-16H2,1-5H3. The van der Waals surface area contributed by atoms with Crippen molar-refractivity contribution < 1.29 is 14.6 Å². The number of aliphatic hydroxyl groups is 1. The molecule has 0 spiro atoms. The molecule has 1 N–H and O–H groups in total. The molecule has 0 bridgehead atoms. The Morgan fingerprint density at radius 1 is 1.00 bits per heavy atom. The molecule has 8 unspecified atom stereocenters. The van der Waals surface area contributed by atoms with E-state index in [1.54, 1.807) is 0 Å². The monoisotopic (exact) mass is 402 g/mol. The first-order valence-corrected chi connectivity index (χ1v) is 12.2. The largest absolute Gasteiger partial charge is 0.396 e. The van der Waals surface area contributed by atoms with E-state index < -0.39 is 0 Å². The van der Waals surface area contributed by atoms with Crippen LogP contribution in [0.25, 0.3) is 0 Å². The molecule has 3 heteroatoms. The summed E-state index contributed by atoms with van der Waals surface area (Å²) in [5, 5.41) is 10.9. The number of fused-ring (bicyclic) bond motifs is 7. The Balaban J connectivity index is 1.56. The smallest absolute Gasteiger partial charge is 0.164 e. The van der Waals surface area contributed by atoms with E-state index in [1.165, 1.54) is 56.9 Å². The van der Waals surface area contributed by atoms with Crippen LogP contribution >= 0.6 is 0 Å². The maximum absolute atomic E-state index is 10.9.